The summed E-state index contributed by atoms with van der Waals surface area (Å²) >= 11 is 8.39. The first-order valence-corrected chi connectivity index (χ1v) is 14.7. The second-order valence-electron chi connectivity index (χ2n) is 8.27. The van der Waals surface area contributed by atoms with E-state index in [9.17, 15) is 13.2 Å². The molecule has 0 spiro atoms. The van der Waals surface area contributed by atoms with Crippen molar-refractivity contribution >= 4 is 65.6 Å². The van der Waals surface area contributed by atoms with Gasteiger partial charge in [-0.25, -0.2) is 13.4 Å². The van der Waals surface area contributed by atoms with Crippen LogP contribution in [-0.4, -0.2) is 48.3 Å². The van der Waals surface area contributed by atoms with Gasteiger partial charge in [0.2, 0.25) is 5.91 Å². The number of methoxy groups -OCH3 is 1. The Labute approximate surface area is 222 Å². The summed E-state index contributed by atoms with van der Waals surface area (Å²) in [5.74, 6) is 0.294. The molecule has 3 aromatic heterocycles. The van der Waals surface area contributed by atoms with Gasteiger partial charge < -0.3 is 4.74 Å². The number of benzene rings is 1. The van der Waals surface area contributed by atoms with Crippen molar-refractivity contribution in [2.24, 2.45) is 0 Å². The monoisotopic (exact) mass is 562 g/mol. The molecule has 1 aliphatic rings. The minimum absolute atomic E-state index is 0.135. The van der Waals surface area contributed by atoms with Crippen LogP contribution in [0, 0.1) is 0 Å². The van der Waals surface area contributed by atoms with Gasteiger partial charge in [-0.05, 0) is 48.7 Å². The molecule has 4 aromatic rings. The Hall–Kier alpha value is -2.57. The van der Waals surface area contributed by atoms with Crippen LogP contribution in [0.4, 0.5) is 5.13 Å². The van der Waals surface area contributed by atoms with Crippen LogP contribution in [0.2, 0.25) is 4.34 Å². The molecule has 1 unspecified atom stereocenters. The molecule has 36 heavy (non-hydrogen) atoms. The van der Waals surface area contributed by atoms with Gasteiger partial charge in [-0.3, -0.25) is 14.7 Å². The van der Waals surface area contributed by atoms with Crippen LogP contribution in [0.25, 0.3) is 10.2 Å². The molecule has 8 nitrogen and oxygen atoms in total. The molecule has 1 fully saturated rings. The maximum absolute atomic E-state index is 14.1. The first kappa shape index (κ1) is 25.1. The van der Waals surface area contributed by atoms with E-state index in [-0.39, 0.29) is 23.2 Å². The van der Waals surface area contributed by atoms with Gasteiger partial charge in [-0.2, -0.15) is 4.31 Å². The average Bonchev–Trinajstić information content (AvgIpc) is 3.54. The first-order valence-electron chi connectivity index (χ1n) is 11.3. The van der Waals surface area contributed by atoms with Gasteiger partial charge in [0.05, 0.1) is 22.7 Å². The molecule has 0 saturated carbocycles. The molecule has 5 rings (SSSR count). The van der Waals surface area contributed by atoms with E-state index in [0.29, 0.717) is 33.6 Å². The van der Waals surface area contributed by atoms with E-state index in [1.165, 1.54) is 21.7 Å². The fourth-order valence-corrected chi connectivity index (χ4v) is 8.53. The highest BCUT2D eigenvalue weighted by Crippen LogP contribution is 2.37. The number of nitrogens with zero attached hydrogens (tertiary/aromatic N) is 4. The Morgan fingerprint density at radius 1 is 1.19 bits per heavy atom. The Balaban J connectivity index is 1.55. The summed E-state index contributed by atoms with van der Waals surface area (Å²) in [6, 6.07) is 11.5. The summed E-state index contributed by atoms with van der Waals surface area (Å²) in [5, 5.41) is 0.477. The number of halogens is 1. The van der Waals surface area contributed by atoms with E-state index in [1.54, 1.807) is 36.5 Å². The molecule has 12 heteroatoms. The molecule has 1 aromatic carbocycles. The van der Waals surface area contributed by atoms with Crippen molar-refractivity contribution in [1.82, 2.24) is 14.3 Å². The van der Waals surface area contributed by atoms with Crippen LogP contribution in [-0.2, 0) is 21.4 Å². The van der Waals surface area contributed by atoms with E-state index in [1.807, 2.05) is 24.3 Å². The van der Waals surface area contributed by atoms with Gasteiger partial charge in [-0.15, -0.1) is 11.3 Å². The Kier molecular flexibility index (Phi) is 7.27. The number of piperidine rings is 1. The zero-order chi connectivity index (χ0) is 25.3. The number of para-hydroxylation sites is 1. The lowest BCUT2D eigenvalue weighted by atomic mass is 10.0. The number of fused-ring (bicyclic) bond motifs is 1. The maximum Gasteiger partial charge on any atom is 0.253 e. The highest BCUT2D eigenvalue weighted by atomic mass is 35.5. The lowest BCUT2D eigenvalue weighted by molar-refractivity contribution is -0.123. The number of rotatable bonds is 7. The first-order chi connectivity index (χ1) is 17.4. The number of hydrogen-bond acceptors (Lipinski definition) is 8. The third-order valence-corrected chi connectivity index (χ3v) is 10.7. The molecule has 0 radical (unpaired) electrons. The number of thiophene rings is 1. The average molecular weight is 563 g/mol. The summed E-state index contributed by atoms with van der Waals surface area (Å²) in [4.78, 5) is 24.6. The molecule has 1 aliphatic heterocycles. The second kappa shape index (κ2) is 10.4. The predicted octanol–water partition coefficient (Wildman–Crippen LogP) is 5.19. The van der Waals surface area contributed by atoms with Gasteiger partial charge in [0.25, 0.3) is 10.0 Å². The number of thiazole rings is 1. The van der Waals surface area contributed by atoms with Crippen molar-refractivity contribution in [3.8, 4) is 5.75 Å². The zero-order valence-electron chi connectivity index (χ0n) is 19.3. The summed E-state index contributed by atoms with van der Waals surface area (Å²) in [6.45, 7) is 0.479. The molecule has 1 atom stereocenters. The predicted molar refractivity (Wildman–Crippen MR) is 142 cm³/mol. The van der Waals surface area contributed by atoms with Crippen molar-refractivity contribution < 1.29 is 17.9 Å². The van der Waals surface area contributed by atoms with Gasteiger partial charge in [0, 0.05) is 18.9 Å². The summed E-state index contributed by atoms with van der Waals surface area (Å²) in [5.41, 5.74) is 1.47. The van der Waals surface area contributed by atoms with Gasteiger partial charge in [0.1, 0.15) is 21.5 Å². The molecule has 4 heterocycles. The smallest absolute Gasteiger partial charge is 0.253 e. The van der Waals surface area contributed by atoms with Crippen LogP contribution < -0.4 is 9.64 Å². The van der Waals surface area contributed by atoms with E-state index >= 15 is 0 Å². The van der Waals surface area contributed by atoms with E-state index in [4.69, 9.17) is 21.3 Å². The normalized spacial score (nSPS) is 16.8. The maximum atomic E-state index is 14.1. The van der Waals surface area contributed by atoms with Gasteiger partial charge in [0.15, 0.2) is 5.13 Å². The third-order valence-electron chi connectivity index (χ3n) is 6.00. The molecule has 1 saturated heterocycles. The summed E-state index contributed by atoms with van der Waals surface area (Å²) in [6.07, 6.45) is 5.22. The molecule has 0 bridgehead atoms. The minimum Gasteiger partial charge on any atom is -0.494 e. The highest BCUT2D eigenvalue weighted by molar-refractivity contribution is 7.91. The number of ether oxygens (including phenoxy) is 1. The Morgan fingerprint density at radius 2 is 2.06 bits per heavy atom. The van der Waals surface area contributed by atoms with E-state index in [0.717, 1.165) is 28.0 Å². The lowest BCUT2D eigenvalue weighted by Gasteiger charge is -2.35. The summed E-state index contributed by atoms with van der Waals surface area (Å²) in [7, 11) is -2.31. The number of carbonyl (C=O) groups excluding carboxylic acids is 1. The van der Waals surface area contributed by atoms with Crippen molar-refractivity contribution in [2.45, 2.75) is 36.1 Å². The molecule has 188 valence electrons. The molecule has 0 N–H and O–H groups in total. The van der Waals surface area contributed by atoms with E-state index in [2.05, 4.69) is 4.98 Å². The fraction of sp³-hybridized carbons (Fsp3) is 0.292. The highest BCUT2D eigenvalue weighted by Gasteiger charge is 2.41. The van der Waals surface area contributed by atoms with Crippen LogP contribution >= 0.6 is 34.3 Å². The fourth-order valence-electron chi connectivity index (χ4n) is 4.28. The standard InChI is InChI=1S/C24H23ClN4O4S3/c1-33-18-8-4-9-19-22(18)27-24(34-19)28(15-16-6-5-12-26-14-16)23(30)17-7-2-3-13-29(17)36(31,32)21-11-10-20(25)35-21/h4-6,8-12,14,17H,2-3,7,13,15H2,1H3. The third kappa shape index (κ3) is 4.85. The van der Waals surface area contributed by atoms with Crippen molar-refractivity contribution in [2.75, 3.05) is 18.6 Å². The number of anilines is 1. The Bertz CT molecular complexity index is 1490. The minimum atomic E-state index is -3.89. The topological polar surface area (TPSA) is 92.7 Å². The lowest BCUT2D eigenvalue weighted by Crippen LogP contribution is -2.52. The van der Waals surface area contributed by atoms with Gasteiger partial charge >= 0.3 is 0 Å². The SMILES string of the molecule is COc1cccc2sc(N(Cc3cccnc3)C(=O)C3CCCCN3S(=O)(=O)c3ccc(Cl)s3)nc12. The van der Waals surface area contributed by atoms with Crippen LogP contribution in [0.5, 0.6) is 5.75 Å². The number of aromatic nitrogens is 2. The quantitative estimate of drug-likeness (QED) is 0.308. The van der Waals surface area contributed by atoms with Crippen LogP contribution in [0.1, 0.15) is 24.8 Å². The van der Waals surface area contributed by atoms with Crippen molar-refractivity contribution in [3.63, 3.8) is 0 Å². The van der Waals surface area contributed by atoms with Crippen molar-refractivity contribution in [1.29, 1.82) is 0 Å². The number of sulfonamides is 1. The van der Waals surface area contributed by atoms with E-state index < -0.39 is 16.1 Å². The number of carbonyl (C=O) groups is 1. The molecule has 1 amide bonds. The number of pyridine rings is 1. The zero-order valence-corrected chi connectivity index (χ0v) is 22.5. The number of hydrogen-bond donors (Lipinski definition) is 0. The Morgan fingerprint density at radius 3 is 2.78 bits per heavy atom. The van der Waals surface area contributed by atoms with Crippen molar-refractivity contribution in [3.05, 3.63) is 64.8 Å². The largest absolute Gasteiger partial charge is 0.494 e. The van der Waals surface area contributed by atoms with Crippen LogP contribution in [0.15, 0.2) is 59.1 Å². The molecular weight excluding hydrogens is 540 g/mol. The molecule has 0 aliphatic carbocycles. The number of amides is 1. The second-order valence-corrected chi connectivity index (χ2v) is 13.1. The van der Waals surface area contributed by atoms with Crippen LogP contribution in [0.3, 0.4) is 0 Å². The molecular formula is C24H23ClN4O4S3. The van der Waals surface area contributed by atoms with Gasteiger partial charge in [-0.1, -0.05) is 41.5 Å². The summed E-state index contributed by atoms with van der Waals surface area (Å²) < 4.78 is 35.2.